The quantitative estimate of drug-likeness (QED) is 0.630. The minimum absolute atomic E-state index is 0.0122. The molecule has 0 spiro atoms. The number of aromatic nitrogens is 2. The van der Waals surface area contributed by atoms with Crippen molar-refractivity contribution in [2.45, 2.75) is 65.0 Å². The van der Waals surface area contributed by atoms with Crippen molar-refractivity contribution in [2.75, 3.05) is 26.2 Å². The van der Waals surface area contributed by atoms with E-state index in [1.807, 2.05) is 15.8 Å². The first-order chi connectivity index (χ1) is 15.2. The van der Waals surface area contributed by atoms with E-state index in [1.54, 1.807) is 13.8 Å². The Kier molecular flexibility index (Phi) is 8.07. The van der Waals surface area contributed by atoms with Gasteiger partial charge in [-0.3, -0.25) is 14.3 Å². The number of nitrogens with one attached hydrogen (secondary N) is 2. The van der Waals surface area contributed by atoms with E-state index in [0.717, 1.165) is 32.4 Å². The van der Waals surface area contributed by atoms with Crippen molar-refractivity contribution in [2.24, 2.45) is 0 Å². The molecule has 0 saturated carbocycles. The van der Waals surface area contributed by atoms with E-state index in [2.05, 4.69) is 60.0 Å². The van der Waals surface area contributed by atoms with Crippen molar-refractivity contribution in [1.82, 2.24) is 25.3 Å². The van der Waals surface area contributed by atoms with Gasteiger partial charge in [0.1, 0.15) is 5.54 Å². The van der Waals surface area contributed by atoms with Gasteiger partial charge in [0.25, 0.3) is 0 Å². The molecule has 1 fully saturated rings. The Labute approximate surface area is 191 Å². The minimum Gasteiger partial charge on any atom is -0.342 e. The molecular weight excluding hydrogens is 402 g/mol. The van der Waals surface area contributed by atoms with Gasteiger partial charge in [-0.15, -0.1) is 0 Å². The van der Waals surface area contributed by atoms with E-state index in [1.165, 1.54) is 16.7 Å². The molecular formula is C25H37N5O2. The molecule has 1 saturated heterocycles. The van der Waals surface area contributed by atoms with Crippen molar-refractivity contribution in [3.63, 3.8) is 0 Å². The average molecular weight is 440 g/mol. The predicted octanol–water partition coefficient (Wildman–Crippen LogP) is 2.70. The summed E-state index contributed by atoms with van der Waals surface area (Å²) < 4.78 is 1.98. The minimum atomic E-state index is -0.876. The number of rotatable bonds is 9. The molecule has 1 aromatic carbocycles. The first kappa shape index (κ1) is 24.0. The van der Waals surface area contributed by atoms with Crippen molar-refractivity contribution >= 4 is 11.8 Å². The summed E-state index contributed by atoms with van der Waals surface area (Å²) in [5.41, 5.74) is 2.80. The maximum absolute atomic E-state index is 12.7. The molecule has 7 nitrogen and oxygen atoms in total. The molecule has 2 amide bonds. The van der Waals surface area contributed by atoms with Gasteiger partial charge in [-0.25, -0.2) is 0 Å². The Balaban J connectivity index is 1.42. The van der Waals surface area contributed by atoms with Crippen LogP contribution in [0.5, 0.6) is 0 Å². The Bertz CT molecular complexity index is 895. The third kappa shape index (κ3) is 6.66. The number of carbonyl (C=O) groups is 2. The number of amides is 2. The fourth-order valence-corrected chi connectivity index (χ4v) is 3.99. The summed E-state index contributed by atoms with van der Waals surface area (Å²) in [6.45, 7) is 10.8. The van der Waals surface area contributed by atoms with Crippen LogP contribution in [-0.4, -0.2) is 58.2 Å². The number of hydrogen-bond donors (Lipinski definition) is 2. The van der Waals surface area contributed by atoms with Gasteiger partial charge < -0.3 is 15.5 Å². The van der Waals surface area contributed by atoms with Gasteiger partial charge in [-0.2, -0.15) is 5.10 Å². The molecule has 32 heavy (non-hydrogen) atoms. The normalized spacial score (nSPS) is 14.6. The van der Waals surface area contributed by atoms with Crippen LogP contribution in [0.3, 0.4) is 0 Å². The molecule has 0 aliphatic carbocycles. The topological polar surface area (TPSA) is 79.3 Å². The highest BCUT2D eigenvalue weighted by atomic mass is 16.2. The molecule has 2 heterocycles. The zero-order valence-corrected chi connectivity index (χ0v) is 19.9. The summed E-state index contributed by atoms with van der Waals surface area (Å²) >= 11 is 0. The summed E-state index contributed by atoms with van der Waals surface area (Å²) in [4.78, 5) is 27.0. The number of nitrogens with zero attached hydrogens (tertiary/aromatic N) is 3. The Hall–Kier alpha value is -2.67. The maximum Gasteiger partial charge on any atom is 0.247 e. The van der Waals surface area contributed by atoms with E-state index in [4.69, 9.17) is 0 Å². The smallest absolute Gasteiger partial charge is 0.247 e. The highest BCUT2D eigenvalue weighted by Crippen LogP contribution is 2.14. The lowest BCUT2D eigenvalue weighted by atomic mass is 10.0. The fourth-order valence-electron chi connectivity index (χ4n) is 3.99. The first-order valence-electron chi connectivity index (χ1n) is 11.7. The van der Waals surface area contributed by atoms with Gasteiger partial charge in [-0.1, -0.05) is 24.3 Å². The number of carbonyl (C=O) groups excluding carboxylic acids is 2. The molecule has 0 atom stereocenters. The molecule has 3 rings (SSSR count). The summed E-state index contributed by atoms with van der Waals surface area (Å²) in [5, 5.41) is 10.6. The van der Waals surface area contributed by atoms with Crippen LogP contribution in [0.4, 0.5) is 0 Å². The lowest BCUT2D eigenvalue weighted by molar-refractivity contribution is -0.141. The predicted molar refractivity (Wildman–Crippen MR) is 126 cm³/mol. The average Bonchev–Trinajstić information content (AvgIpc) is 3.23. The van der Waals surface area contributed by atoms with Crippen LogP contribution in [0.15, 0.2) is 36.7 Å². The van der Waals surface area contributed by atoms with Gasteiger partial charge in [0, 0.05) is 51.3 Å². The number of aryl methyl sites for hydroxylation is 1. The number of piperazine rings is 1. The third-order valence-electron chi connectivity index (χ3n) is 5.88. The lowest BCUT2D eigenvalue weighted by Gasteiger charge is -2.35. The standard InChI is InChI=1S/C25H37N5O2/c1-19(2)30-18-22(17-27-30)16-21-10-8-20(9-11-21)6-5-7-23(31)28-25(3,4)24(32)29-14-12-26-13-15-29/h8-11,17-19,26H,5-7,12-16H2,1-4H3,(H,28,31). The molecule has 2 N–H and O–H groups in total. The van der Waals surface area contributed by atoms with Crippen LogP contribution in [0.1, 0.15) is 63.3 Å². The van der Waals surface area contributed by atoms with Crippen molar-refractivity contribution in [3.8, 4) is 0 Å². The van der Waals surface area contributed by atoms with Crippen LogP contribution in [0.25, 0.3) is 0 Å². The van der Waals surface area contributed by atoms with Gasteiger partial charge in [-0.05, 0) is 57.2 Å². The highest BCUT2D eigenvalue weighted by Gasteiger charge is 2.33. The molecule has 7 heteroatoms. The van der Waals surface area contributed by atoms with Crippen LogP contribution in [0.2, 0.25) is 0 Å². The molecule has 1 aliphatic heterocycles. The van der Waals surface area contributed by atoms with Crippen LogP contribution in [-0.2, 0) is 22.4 Å². The van der Waals surface area contributed by atoms with Crippen molar-refractivity contribution in [1.29, 1.82) is 0 Å². The van der Waals surface area contributed by atoms with E-state index >= 15 is 0 Å². The maximum atomic E-state index is 12.7. The molecule has 174 valence electrons. The Morgan fingerprint density at radius 3 is 2.38 bits per heavy atom. The second-order valence-corrected chi connectivity index (χ2v) is 9.48. The zero-order valence-electron chi connectivity index (χ0n) is 19.9. The molecule has 2 aromatic rings. The van der Waals surface area contributed by atoms with Gasteiger partial charge >= 0.3 is 0 Å². The fraction of sp³-hybridized carbons (Fsp3) is 0.560. The number of benzene rings is 1. The Morgan fingerprint density at radius 2 is 1.75 bits per heavy atom. The molecule has 1 aliphatic rings. The zero-order chi connectivity index (χ0) is 23.1. The second kappa shape index (κ2) is 10.8. The molecule has 0 unspecified atom stereocenters. The van der Waals surface area contributed by atoms with Crippen LogP contribution < -0.4 is 10.6 Å². The van der Waals surface area contributed by atoms with Crippen LogP contribution in [0, 0.1) is 0 Å². The van der Waals surface area contributed by atoms with Crippen molar-refractivity contribution < 1.29 is 9.59 Å². The summed E-state index contributed by atoms with van der Waals surface area (Å²) in [7, 11) is 0. The van der Waals surface area contributed by atoms with E-state index in [0.29, 0.717) is 25.6 Å². The largest absolute Gasteiger partial charge is 0.342 e. The Morgan fingerprint density at radius 1 is 1.09 bits per heavy atom. The van der Waals surface area contributed by atoms with E-state index < -0.39 is 5.54 Å². The third-order valence-corrected chi connectivity index (χ3v) is 5.88. The van der Waals surface area contributed by atoms with Crippen molar-refractivity contribution in [3.05, 3.63) is 53.3 Å². The monoisotopic (exact) mass is 439 g/mol. The first-order valence-corrected chi connectivity index (χ1v) is 11.7. The van der Waals surface area contributed by atoms with Gasteiger partial charge in [0.15, 0.2) is 0 Å². The molecule has 0 radical (unpaired) electrons. The van der Waals surface area contributed by atoms with Gasteiger partial charge in [0.2, 0.25) is 11.8 Å². The summed E-state index contributed by atoms with van der Waals surface area (Å²) in [6, 6.07) is 8.94. The number of hydrogen-bond acceptors (Lipinski definition) is 4. The molecule has 0 bridgehead atoms. The van der Waals surface area contributed by atoms with Crippen LogP contribution >= 0.6 is 0 Å². The highest BCUT2D eigenvalue weighted by molar-refractivity contribution is 5.90. The molecule has 1 aromatic heterocycles. The van der Waals surface area contributed by atoms with E-state index in [9.17, 15) is 9.59 Å². The lowest BCUT2D eigenvalue weighted by Crippen LogP contribution is -2.59. The SMILES string of the molecule is CC(C)n1cc(Cc2ccc(CCCC(=O)NC(C)(C)C(=O)N3CCNCC3)cc2)cn1. The van der Waals surface area contributed by atoms with Gasteiger partial charge in [0.05, 0.1) is 6.20 Å². The second-order valence-electron chi connectivity index (χ2n) is 9.48. The summed E-state index contributed by atoms with van der Waals surface area (Å²) in [6.07, 6.45) is 6.90. The van der Waals surface area contributed by atoms with E-state index in [-0.39, 0.29) is 11.8 Å². The summed E-state index contributed by atoms with van der Waals surface area (Å²) in [5.74, 6) is -0.0841.